The van der Waals surface area contributed by atoms with Crippen molar-refractivity contribution in [3.05, 3.63) is 30.1 Å². The lowest BCUT2D eigenvalue weighted by Crippen LogP contribution is -2.36. The van der Waals surface area contributed by atoms with Crippen LogP contribution in [0.25, 0.3) is 11.4 Å². The zero-order valence-corrected chi connectivity index (χ0v) is 9.67. The third kappa shape index (κ3) is 2.06. The molecule has 6 heteroatoms. The monoisotopic (exact) mass is 249 g/mol. The van der Waals surface area contributed by atoms with Crippen molar-refractivity contribution < 1.29 is 13.7 Å². The molecule has 0 amide bonds. The molecule has 0 atom stereocenters. The zero-order chi connectivity index (χ0) is 12.4. The van der Waals surface area contributed by atoms with Gasteiger partial charge in [0.25, 0.3) is 0 Å². The Kier molecular flexibility index (Phi) is 2.93. The minimum Gasteiger partial charge on any atom is -0.378 e. The van der Waals surface area contributed by atoms with Crippen LogP contribution >= 0.6 is 0 Å². The molecule has 3 rings (SSSR count). The first kappa shape index (κ1) is 11.2. The van der Waals surface area contributed by atoms with Crippen LogP contribution in [-0.4, -0.2) is 36.4 Å². The SMILES string of the molecule is Fc1ccccc1-c1noc(N2CCOCC2)n1. The largest absolute Gasteiger partial charge is 0.378 e. The third-order valence-corrected chi connectivity index (χ3v) is 2.81. The quantitative estimate of drug-likeness (QED) is 0.811. The lowest BCUT2D eigenvalue weighted by Gasteiger charge is -2.24. The molecular weight excluding hydrogens is 237 g/mol. The number of rotatable bonds is 2. The van der Waals surface area contributed by atoms with Crippen molar-refractivity contribution >= 4 is 6.01 Å². The standard InChI is InChI=1S/C12H12FN3O2/c13-10-4-2-1-3-9(10)11-14-12(18-15-11)16-5-7-17-8-6-16/h1-4H,5-8H2. The summed E-state index contributed by atoms with van der Waals surface area (Å²) in [6.45, 7) is 2.69. The van der Waals surface area contributed by atoms with Crippen LogP contribution in [0.3, 0.4) is 0 Å². The molecular formula is C12H12FN3O2. The molecule has 1 aromatic heterocycles. The van der Waals surface area contributed by atoms with Gasteiger partial charge in [0.2, 0.25) is 5.82 Å². The first-order valence-corrected chi connectivity index (χ1v) is 5.76. The molecule has 1 aromatic carbocycles. The van der Waals surface area contributed by atoms with Gasteiger partial charge in [0, 0.05) is 13.1 Å². The van der Waals surface area contributed by atoms with Gasteiger partial charge in [-0.3, -0.25) is 0 Å². The molecule has 1 aliphatic heterocycles. The Bertz CT molecular complexity index is 538. The smallest absolute Gasteiger partial charge is 0.324 e. The third-order valence-electron chi connectivity index (χ3n) is 2.81. The zero-order valence-electron chi connectivity index (χ0n) is 9.67. The molecule has 0 unspecified atom stereocenters. The number of halogens is 1. The van der Waals surface area contributed by atoms with E-state index in [4.69, 9.17) is 9.26 Å². The predicted molar refractivity (Wildman–Crippen MR) is 62.7 cm³/mol. The second kappa shape index (κ2) is 4.73. The maximum Gasteiger partial charge on any atom is 0.324 e. The number of morpholine rings is 1. The van der Waals surface area contributed by atoms with Crippen LogP contribution in [0, 0.1) is 5.82 Å². The van der Waals surface area contributed by atoms with Crippen molar-refractivity contribution in [3.63, 3.8) is 0 Å². The summed E-state index contributed by atoms with van der Waals surface area (Å²) in [5.74, 6) is -0.0820. The first-order chi connectivity index (χ1) is 8.84. The summed E-state index contributed by atoms with van der Waals surface area (Å²) < 4.78 is 24.0. The van der Waals surface area contributed by atoms with Crippen LogP contribution in [0.5, 0.6) is 0 Å². The van der Waals surface area contributed by atoms with E-state index < -0.39 is 0 Å². The molecule has 0 saturated carbocycles. The van der Waals surface area contributed by atoms with Crippen LogP contribution in [0.2, 0.25) is 0 Å². The van der Waals surface area contributed by atoms with Gasteiger partial charge in [0.15, 0.2) is 0 Å². The molecule has 0 N–H and O–H groups in total. The van der Waals surface area contributed by atoms with Crippen molar-refractivity contribution in [1.82, 2.24) is 10.1 Å². The van der Waals surface area contributed by atoms with Gasteiger partial charge in [0.1, 0.15) is 5.82 Å². The first-order valence-electron chi connectivity index (χ1n) is 5.76. The van der Waals surface area contributed by atoms with E-state index in [9.17, 15) is 4.39 Å². The second-order valence-electron chi connectivity index (χ2n) is 3.98. The van der Waals surface area contributed by atoms with Gasteiger partial charge >= 0.3 is 6.01 Å². The van der Waals surface area contributed by atoms with Crippen molar-refractivity contribution in [1.29, 1.82) is 0 Å². The van der Waals surface area contributed by atoms with Crippen molar-refractivity contribution in [2.75, 3.05) is 31.2 Å². The summed E-state index contributed by atoms with van der Waals surface area (Å²) in [6.07, 6.45) is 0. The Morgan fingerprint density at radius 3 is 2.72 bits per heavy atom. The van der Waals surface area contributed by atoms with E-state index in [1.807, 2.05) is 4.90 Å². The van der Waals surface area contributed by atoms with Crippen molar-refractivity contribution in [3.8, 4) is 11.4 Å². The Labute approximate surface area is 103 Å². The fourth-order valence-corrected chi connectivity index (χ4v) is 1.85. The van der Waals surface area contributed by atoms with Crippen LogP contribution in [0.15, 0.2) is 28.8 Å². The average Bonchev–Trinajstić information content (AvgIpc) is 2.90. The van der Waals surface area contributed by atoms with Gasteiger partial charge in [0.05, 0.1) is 18.8 Å². The highest BCUT2D eigenvalue weighted by atomic mass is 19.1. The van der Waals surface area contributed by atoms with Gasteiger partial charge in [-0.15, -0.1) is 0 Å². The Balaban J connectivity index is 1.87. The molecule has 18 heavy (non-hydrogen) atoms. The van der Waals surface area contributed by atoms with Crippen LogP contribution in [0.1, 0.15) is 0 Å². The second-order valence-corrected chi connectivity index (χ2v) is 3.98. The van der Waals surface area contributed by atoms with Gasteiger partial charge in [-0.05, 0) is 12.1 Å². The van der Waals surface area contributed by atoms with Gasteiger partial charge in [-0.25, -0.2) is 4.39 Å². The summed E-state index contributed by atoms with van der Waals surface area (Å²) in [5.41, 5.74) is 0.348. The van der Waals surface area contributed by atoms with E-state index in [0.29, 0.717) is 37.9 Å². The number of anilines is 1. The molecule has 1 fully saturated rings. The Hall–Kier alpha value is -1.95. The fourth-order valence-electron chi connectivity index (χ4n) is 1.85. The Morgan fingerprint density at radius 1 is 1.17 bits per heavy atom. The maximum atomic E-state index is 13.6. The van der Waals surface area contributed by atoms with E-state index in [1.165, 1.54) is 6.07 Å². The molecule has 2 aromatic rings. The minimum absolute atomic E-state index is 0.273. The summed E-state index contributed by atoms with van der Waals surface area (Å²) in [5, 5.41) is 3.81. The topological polar surface area (TPSA) is 51.4 Å². The van der Waals surface area contributed by atoms with E-state index in [-0.39, 0.29) is 11.6 Å². The van der Waals surface area contributed by atoms with E-state index in [1.54, 1.807) is 18.2 Å². The maximum absolute atomic E-state index is 13.6. The molecule has 0 radical (unpaired) electrons. The van der Waals surface area contributed by atoms with Gasteiger partial charge < -0.3 is 14.2 Å². The van der Waals surface area contributed by atoms with Crippen molar-refractivity contribution in [2.45, 2.75) is 0 Å². The van der Waals surface area contributed by atoms with Crippen LogP contribution in [0.4, 0.5) is 10.4 Å². The van der Waals surface area contributed by atoms with Gasteiger partial charge in [-0.2, -0.15) is 4.98 Å². The minimum atomic E-state index is -0.355. The van der Waals surface area contributed by atoms with E-state index in [0.717, 1.165) is 0 Å². The average molecular weight is 249 g/mol. The molecule has 2 heterocycles. The summed E-state index contributed by atoms with van der Waals surface area (Å²) in [6, 6.07) is 6.78. The van der Waals surface area contributed by atoms with Crippen molar-refractivity contribution in [2.24, 2.45) is 0 Å². The van der Waals surface area contributed by atoms with E-state index in [2.05, 4.69) is 10.1 Å². The molecule has 94 valence electrons. The molecule has 1 aliphatic rings. The molecule has 0 aliphatic carbocycles. The number of benzene rings is 1. The Morgan fingerprint density at radius 2 is 1.94 bits per heavy atom. The molecule has 0 bridgehead atoms. The summed E-state index contributed by atoms with van der Waals surface area (Å²) in [7, 11) is 0. The highest BCUT2D eigenvalue weighted by Crippen LogP contribution is 2.22. The van der Waals surface area contributed by atoms with Crippen LogP contribution in [-0.2, 0) is 4.74 Å². The highest BCUT2D eigenvalue weighted by molar-refractivity contribution is 5.56. The van der Waals surface area contributed by atoms with Gasteiger partial charge in [-0.1, -0.05) is 17.3 Å². The predicted octanol–water partition coefficient (Wildman–Crippen LogP) is 1.71. The lowest BCUT2D eigenvalue weighted by molar-refractivity contribution is 0.119. The fraction of sp³-hybridized carbons (Fsp3) is 0.333. The molecule has 5 nitrogen and oxygen atoms in total. The number of hydrogen-bond acceptors (Lipinski definition) is 5. The number of nitrogens with zero attached hydrogens (tertiary/aromatic N) is 3. The normalized spacial score (nSPS) is 15.9. The summed E-state index contributed by atoms with van der Waals surface area (Å²) in [4.78, 5) is 6.15. The molecule has 1 saturated heterocycles. The van der Waals surface area contributed by atoms with E-state index >= 15 is 0 Å². The molecule has 0 spiro atoms. The number of aromatic nitrogens is 2. The highest BCUT2D eigenvalue weighted by Gasteiger charge is 2.19. The lowest BCUT2D eigenvalue weighted by atomic mass is 10.2. The number of ether oxygens (including phenoxy) is 1. The number of hydrogen-bond donors (Lipinski definition) is 0. The summed E-state index contributed by atoms with van der Waals surface area (Å²) >= 11 is 0. The van der Waals surface area contributed by atoms with Crippen LogP contribution < -0.4 is 4.90 Å².